The van der Waals surface area contributed by atoms with E-state index in [1.807, 2.05) is 12.1 Å². The summed E-state index contributed by atoms with van der Waals surface area (Å²) in [5, 5.41) is 4.43. The molecule has 2 heteroatoms. The Bertz CT molecular complexity index is 587. The molecule has 0 radical (unpaired) electrons. The summed E-state index contributed by atoms with van der Waals surface area (Å²) in [7, 11) is 0. The van der Waals surface area contributed by atoms with Gasteiger partial charge in [-0.15, -0.1) is 0 Å². The smallest absolute Gasteiger partial charge is 0.0579 e. The van der Waals surface area contributed by atoms with E-state index in [2.05, 4.69) is 48.6 Å². The van der Waals surface area contributed by atoms with E-state index in [1.165, 1.54) is 36.0 Å². The van der Waals surface area contributed by atoms with Crippen LogP contribution >= 0.6 is 11.6 Å². The van der Waals surface area contributed by atoms with Gasteiger partial charge in [0, 0.05) is 5.02 Å². The molecule has 0 saturated heterocycles. The Kier molecular flexibility index (Phi) is 4.62. The van der Waals surface area contributed by atoms with Crippen LogP contribution < -0.4 is 5.32 Å². The number of benzene rings is 2. The minimum atomic E-state index is 0.254. The molecular formula is C19H22ClN. The van der Waals surface area contributed by atoms with E-state index in [1.54, 1.807) is 0 Å². The van der Waals surface area contributed by atoms with Crippen LogP contribution in [0.15, 0.2) is 48.5 Å². The standard InChI is InChI=1S/C19H22ClN/c1-2-21-19(15-10-12-16(20)13-11-15)18-9-4-3-8-17(18)14-6-5-7-14/h3-4,8-14,19,21H,2,5-7H2,1H3. The summed E-state index contributed by atoms with van der Waals surface area (Å²) in [5.74, 6) is 0.745. The molecule has 1 nitrogen and oxygen atoms in total. The van der Waals surface area contributed by atoms with Gasteiger partial charge < -0.3 is 5.32 Å². The summed E-state index contributed by atoms with van der Waals surface area (Å²) < 4.78 is 0. The Labute approximate surface area is 132 Å². The molecule has 2 aromatic carbocycles. The number of halogens is 1. The van der Waals surface area contributed by atoms with E-state index in [9.17, 15) is 0 Å². The summed E-state index contributed by atoms with van der Waals surface area (Å²) in [6.07, 6.45) is 4.03. The van der Waals surface area contributed by atoms with Crippen molar-refractivity contribution in [3.8, 4) is 0 Å². The van der Waals surface area contributed by atoms with Gasteiger partial charge in [-0.2, -0.15) is 0 Å². The van der Waals surface area contributed by atoms with E-state index < -0.39 is 0 Å². The first-order chi connectivity index (χ1) is 10.3. The maximum atomic E-state index is 6.03. The van der Waals surface area contributed by atoms with E-state index >= 15 is 0 Å². The maximum absolute atomic E-state index is 6.03. The van der Waals surface area contributed by atoms with Crippen LogP contribution in [0.4, 0.5) is 0 Å². The number of rotatable bonds is 5. The number of nitrogens with one attached hydrogen (secondary N) is 1. The molecular weight excluding hydrogens is 278 g/mol. The molecule has 21 heavy (non-hydrogen) atoms. The van der Waals surface area contributed by atoms with Crippen molar-refractivity contribution in [2.24, 2.45) is 0 Å². The molecule has 1 fully saturated rings. The molecule has 0 aromatic heterocycles. The molecule has 1 atom stereocenters. The Balaban J connectivity index is 1.99. The Morgan fingerprint density at radius 2 is 1.81 bits per heavy atom. The zero-order valence-corrected chi connectivity index (χ0v) is 13.2. The van der Waals surface area contributed by atoms with Gasteiger partial charge in [0.2, 0.25) is 0 Å². The van der Waals surface area contributed by atoms with Gasteiger partial charge in [0.05, 0.1) is 6.04 Å². The highest BCUT2D eigenvalue weighted by molar-refractivity contribution is 6.30. The molecule has 110 valence electrons. The summed E-state index contributed by atoms with van der Waals surface area (Å²) >= 11 is 6.03. The van der Waals surface area contributed by atoms with Crippen molar-refractivity contribution < 1.29 is 0 Å². The van der Waals surface area contributed by atoms with Gasteiger partial charge in [0.1, 0.15) is 0 Å². The Morgan fingerprint density at radius 1 is 1.10 bits per heavy atom. The fraction of sp³-hybridized carbons (Fsp3) is 0.368. The van der Waals surface area contributed by atoms with Crippen molar-refractivity contribution in [1.82, 2.24) is 5.32 Å². The minimum absolute atomic E-state index is 0.254. The highest BCUT2D eigenvalue weighted by atomic mass is 35.5. The second-order valence-corrected chi connectivity index (χ2v) is 6.24. The Hall–Kier alpha value is -1.31. The molecule has 0 heterocycles. The van der Waals surface area contributed by atoms with Gasteiger partial charge in [0.25, 0.3) is 0 Å². The van der Waals surface area contributed by atoms with Crippen LogP contribution in [-0.2, 0) is 0 Å². The van der Waals surface area contributed by atoms with E-state index in [0.29, 0.717) is 0 Å². The van der Waals surface area contributed by atoms with Crippen molar-refractivity contribution in [1.29, 1.82) is 0 Å². The van der Waals surface area contributed by atoms with Crippen LogP contribution in [0.3, 0.4) is 0 Å². The van der Waals surface area contributed by atoms with Crippen molar-refractivity contribution in [2.75, 3.05) is 6.54 Å². The van der Waals surface area contributed by atoms with Crippen LogP contribution in [0.2, 0.25) is 5.02 Å². The van der Waals surface area contributed by atoms with Crippen LogP contribution in [0.1, 0.15) is 54.8 Å². The van der Waals surface area contributed by atoms with Crippen LogP contribution in [0, 0.1) is 0 Å². The van der Waals surface area contributed by atoms with Crippen molar-refractivity contribution in [2.45, 2.75) is 38.1 Å². The number of hydrogen-bond acceptors (Lipinski definition) is 1. The molecule has 3 rings (SSSR count). The molecule has 2 aromatic rings. The fourth-order valence-electron chi connectivity index (χ4n) is 3.13. The highest BCUT2D eigenvalue weighted by Gasteiger charge is 2.25. The molecule has 0 bridgehead atoms. The van der Waals surface area contributed by atoms with E-state index in [-0.39, 0.29) is 6.04 Å². The summed E-state index contributed by atoms with van der Waals surface area (Å²) in [4.78, 5) is 0. The average Bonchev–Trinajstić information content (AvgIpc) is 2.45. The lowest BCUT2D eigenvalue weighted by Crippen LogP contribution is -2.24. The normalized spacial score (nSPS) is 16.5. The zero-order valence-electron chi connectivity index (χ0n) is 12.5. The first kappa shape index (κ1) is 14.6. The molecule has 0 amide bonds. The first-order valence-corrected chi connectivity index (χ1v) is 8.25. The zero-order chi connectivity index (χ0) is 14.7. The lowest BCUT2D eigenvalue weighted by molar-refractivity contribution is 0.414. The largest absolute Gasteiger partial charge is 0.307 e. The highest BCUT2D eigenvalue weighted by Crippen LogP contribution is 2.40. The molecule has 0 spiro atoms. The fourth-order valence-corrected chi connectivity index (χ4v) is 3.26. The lowest BCUT2D eigenvalue weighted by atomic mass is 9.76. The predicted molar refractivity (Wildman–Crippen MR) is 90.0 cm³/mol. The van der Waals surface area contributed by atoms with Crippen LogP contribution in [0.5, 0.6) is 0 Å². The SMILES string of the molecule is CCNC(c1ccc(Cl)cc1)c1ccccc1C1CCC1. The summed E-state index contributed by atoms with van der Waals surface area (Å²) in [6, 6.07) is 17.4. The van der Waals surface area contributed by atoms with Crippen molar-refractivity contribution >= 4 is 11.6 Å². The molecule has 1 aliphatic rings. The second-order valence-electron chi connectivity index (χ2n) is 5.80. The van der Waals surface area contributed by atoms with Crippen LogP contribution in [-0.4, -0.2) is 6.54 Å². The molecule has 1 unspecified atom stereocenters. The third kappa shape index (κ3) is 3.14. The maximum Gasteiger partial charge on any atom is 0.0579 e. The molecule has 1 saturated carbocycles. The monoisotopic (exact) mass is 299 g/mol. The van der Waals surface area contributed by atoms with E-state index in [0.717, 1.165) is 17.5 Å². The minimum Gasteiger partial charge on any atom is -0.307 e. The quantitative estimate of drug-likeness (QED) is 0.789. The van der Waals surface area contributed by atoms with Crippen molar-refractivity contribution in [3.05, 3.63) is 70.2 Å². The summed E-state index contributed by atoms with van der Waals surface area (Å²) in [6.45, 7) is 3.11. The van der Waals surface area contributed by atoms with Gasteiger partial charge in [-0.3, -0.25) is 0 Å². The third-order valence-electron chi connectivity index (χ3n) is 4.46. The van der Waals surface area contributed by atoms with Crippen molar-refractivity contribution in [3.63, 3.8) is 0 Å². The van der Waals surface area contributed by atoms with Gasteiger partial charge >= 0.3 is 0 Å². The summed E-state index contributed by atoms with van der Waals surface area (Å²) in [5.41, 5.74) is 4.23. The Morgan fingerprint density at radius 3 is 2.43 bits per heavy atom. The van der Waals surface area contributed by atoms with E-state index in [4.69, 9.17) is 11.6 Å². The molecule has 1 aliphatic carbocycles. The molecule has 0 aliphatic heterocycles. The lowest BCUT2D eigenvalue weighted by Gasteiger charge is -2.31. The second kappa shape index (κ2) is 6.64. The van der Waals surface area contributed by atoms with Gasteiger partial charge in [-0.25, -0.2) is 0 Å². The number of hydrogen-bond donors (Lipinski definition) is 1. The molecule has 1 N–H and O–H groups in total. The van der Waals surface area contributed by atoms with Gasteiger partial charge in [-0.05, 0) is 54.1 Å². The topological polar surface area (TPSA) is 12.0 Å². The predicted octanol–water partition coefficient (Wildman–Crippen LogP) is 5.31. The first-order valence-electron chi connectivity index (χ1n) is 7.87. The van der Waals surface area contributed by atoms with Gasteiger partial charge in [0.15, 0.2) is 0 Å². The van der Waals surface area contributed by atoms with Gasteiger partial charge in [-0.1, -0.05) is 61.3 Å². The van der Waals surface area contributed by atoms with Crippen LogP contribution in [0.25, 0.3) is 0 Å². The average molecular weight is 300 g/mol. The third-order valence-corrected chi connectivity index (χ3v) is 4.72.